The lowest BCUT2D eigenvalue weighted by Crippen LogP contribution is -2.42. The quantitative estimate of drug-likeness (QED) is 0.534. The molecule has 0 aliphatic rings. The molecule has 4 aromatic rings. The molecule has 0 amide bonds. The lowest BCUT2D eigenvalue weighted by Gasteiger charge is -2.12. The number of aromatic nitrogens is 5. The molecule has 8 nitrogen and oxygen atoms in total. The zero-order chi connectivity index (χ0) is 21.2. The lowest BCUT2D eigenvalue weighted by molar-refractivity contribution is -0.119. The van der Waals surface area contributed by atoms with E-state index in [0.717, 1.165) is 21.5 Å². The van der Waals surface area contributed by atoms with Crippen molar-refractivity contribution in [2.75, 3.05) is 0 Å². The van der Waals surface area contributed by atoms with Crippen LogP contribution in [0.4, 0.5) is 0 Å². The fourth-order valence-corrected chi connectivity index (χ4v) is 3.68. The first kappa shape index (κ1) is 18.9. The van der Waals surface area contributed by atoms with E-state index in [4.69, 9.17) is 0 Å². The Morgan fingerprint density at radius 1 is 1.10 bits per heavy atom. The highest BCUT2D eigenvalue weighted by Gasteiger charge is 2.24. The van der Waals surface area contributed by atoms with Gasteiger partial charge in [0.25, 0.3) is 5.56 Å². The van der Waals surface area contributed by atoms with Crippen LogP contribution in [0.25, 0.3) is 22.6 Å². The van der Waals surface area contributed by atoms with Crippen LogP contribution in [0, 0.1) is 20.8 Å². The van der Waals surface area contributed by atoms with Crippen LogP contribution in [-0.2, 0) is 11.8 Å². The van der Waals surface area contributed by atoms with Crippen molar-refractivity contribution in [3.63, 3.8) is 0 Å². The van der Waals surface area contributed by atoms with Gasteiger partial charge >= 0.3 is 5.69 Å². The molecule has 0 bridgehead atoms. The Morgan fingerprint density at radius 2 is 1.79 bits per heavy atom. The summed E-state index contributed by atoms with van der Waals surface area (Å²) in [7, 11) is 1.56. The molecule has 1 unspecified atom stereocenters. The second-order valence-corrected chi connectivity index (χ2v) is 7.63. The maximum atomic E-state index is 13.2. The summed E-state index contributed by atoms with van der Waals surface area (Å²) in [4.78, 5) is 42.5. The minimum absolute atomic E-state index is 0.256. The molecule has 3 aromatic heterocycles. The van der Waals surface area contributed by atoms with Gasteiger partial charge in [0.2, 0.25) is 5.78 Å². The molecular formula is C21H23N5O3. The summed E-state index contributed by atoms with van der Waals surface area (Å²) in [6, 6.07) is 5.26. The monoisotopic (exact) mass is 393 g/mol. The van der Waals surface area contributed by atoms with E-state index in [1.807, 2.05) is 36.7 Å². The first-order valence-electron chi connectivity index (χ1n) is 9.43. The average Bonchev–Trinajstić information content (AvgIpc) is 3.17. The topological polar surface area (TPSA) is 83.3 Å². The zero-order valence-electron chi connectivity index (χ0n) is 17.3. The molecule has 0 spiro atoms. The predicted molar refractivity (Wildman–Crippen MR) is 111 cm³/mol. The zero-order valence-corrected chi connectivity index (χ0v) is 17.3. The molecule has 0 radical (unpaired) electrons. The standard InChI is InChI=1S/C21H23N5O3/c1-11-7-8-16(9-12(11)2)25-13(3)10-24-17-18(22-20(24)25)23(6)21(29)26(19(17)28)14(4)15(5)27/h7-10,14H,1-6H3. The van der Waals surface area contributed by atoms with Gasteiger partial charge < -0.3 is 0 Å². The average molecular weight is 393 g/mol. The van der Waals surface area contributed by atoms with Gasteiger partial charge in [0.1, 0.15) is 0 Å². The van der Waals surface area contributed by atoms with Crippen molar-refractivity contribution in [3.05, 3.63) is 62.1 Å². The summed E-state index contributed by atoms with van der Waals surface area (Å²) in [6.45, 7) is 8.96. The summed E-state index contributed by atoms with van der Waals surface area (Å²) in [6.07, 6.45) is 1.83. The molecule has 150 valence electrons. The van der Waals surface area contributed by atoms with Crippen LogP contribution in [0.15, 0.2) is 34.0 Å². The van der Waals surface area contributed by atoms with Crippen molar-refractivity contribution in [3.8, 4) is 5.69 Å². The van der Waals surface area contributed by atoms with E-state index in [-0.39, 0.29) is 11.3 Å². The van der Waals surface area contributed by atoms with Gasteiger partial charge in [-0.1, -0.05) is 6.07 Å². The maximum absolute atomic E-state index is 13.2. The molecular weight excluding hydrogens is 370 g/mol. The fraction of sp³-hybridized carbons (Fsp3) is 0.333. The van der Waals surface area contributed by atoms with E-state index in [1.54, 1.807) is 18.4 Å². The number of nitrogens with zero attached hydrogens (tertiary/aromatic N) is 5. The largest absolute Gasteiger partial charge is 0.333 e. The van der Waals surface area contributed by atoms with Crippen LogP contribution >= 0.6 is 0 Å². The molecule has 0 N–H and O–H groups in total. The van der Waals surface area contributed by atoms with Crippen LogP contribution in [-0.4, -0.2) is 28.9 Å². The molecule has 0 fully saturated rings. The van der Waals surface area contributed by atoms with E-state index in [1.165, 1.54) is 17.1 Å². The normalized spacial score (nSPS) is 12.8. The van der Waals surface area contributed by atoms with Crippen LogP contribution in [0.3, 0.4) is 0 Å². The first-order chi connectivity index (χ1) is 13.6. The number of ketones is 1. The minimum atomic E-state index is -0.848. The number of carbonyl (C=O) groups excluding carboxylic acids is 1. The molecule has 0 aliphatic heterocycles. The van der Waals surface area contributed by atoms with E-state index >= 15 is 0 Å². The van der Waals surface area contributed by atoms with Crippen molar-refractivity contribution in [2.45, 2.75) is 40.7 Å². The van der Waals surface area contributed by atoms with Gasteiger partial charge in [-0.15, -0.1) is 0 Å². The second-order valence-electron chi connectivity index (χ2n) is 7.63. The lowest BCUT2D eigenvalue weighted by atomic mass is 10.1. The van der Waals surface area contributed by atoms with E-state index in [2.05, 4.69) is 18.0 Å². The van der Waals surface area contributed by atoms with Gasteiger partial charge in [-0.05, 0) is 57.9 Å². The summed E-state index contributed by atoms with van der Waals surface area (Å²) in [5.41, 5.74) is 3.66. The molecule has 3 heterocycles. The molecule has 0 saturated heterocycles. The number of hydrogen-bond donors (Lipinski definition) is 0. The van der Waals surface area contributed by atoms with Gasteiger partial charge in [-0.3, -0.25) is 23.1 Å². The maximum Gasteiger partial charge on any atom is 0.333 e. The number of benzene rings is 1. The fourth-order valence-electron chi connectivity index (χ4n) is 3.68. The Balaban J connectivity index is 2.13. The highest BCUT2D eigenvalue weighted by atomic mass is 16.2. The molecule has 8 heteroatoms. The van der Waals surface area contributed by atoms with Gasteiger partial charge in [0.15, 0.2) is 16.9 Å². The van der Waals surface area contributed by atoms with Gasteiger partial charge in [0, 0.05) is 24.6 Å². The van der Waals surface area contributed by atoms with Crippen LogP contribution in [0.2, 0.25) is 0 Å². The second kappa shape index (κ2) is 6.30. The highest BCUT2D eigenvalue weighted by Crippen LogP contribution is 2.22. The molecule has 1 aromatic carbocycles. The first-order valence-corrected chi connectivity index (χ1v) is 9.43. The molecule has 4 rings (SSSR count). The third kappa shape index (κ3) is 2.59. The smallest absolute Gasteiger partial charge is 0.298 e. The number of imidazole rings is 2. The molecule has 0 aliphatic carbocycles. The Labute approximate surface area is 166 Å². The number of Topliss-reactive ketones (excluding diaryl/α,β-unsaturated/α-hetero) is 1. The van der Waals surface area contributed by atoms with E-state index < -0.39 is 17.3 Å². The van der Waals surface area contributed by atoms with Crippen LogP contribution < -0.4 is 11.2 Å². The Hall–Kier alpha value is -3.42. The van der Waals surface area contributed by atoms with Crippen molar-refractivity contribution in [2.24, 2.45) is 7.05 Å². The van der Waals surface area contributed by atoms with Gasteiger partial charge in [0.05, 0.1) is 6.04 Å². The molecule has 29 heavy (non-hydrogen) atoms. The van der Waals surface area contributed by atoms with Crippen LogP contribution in [0.1, 0.15) is 36.7 Å². The van der Waals surface area contributed by atoms with E-state index in [0.29, 0.717) is 11.4 Å². The Morgan fingerprint density at radius 3 is 2.41 bits per heavy atom. The molecule has 0 saturated carbocycles. The van der Waals surface area contributed by atoms with Gasteiger partial charge in [-0.2, -0.15) is 4.98 Å². The van der Waals surface area contributed by atoms with Crippen molar-refractivity contribution >= 4 is 22.7 Å². The number of hydrogen-bond acceptors (Lipinski definition) is 4. The minimum Gasteiger partial charge on any atom is -0.298 e. The van der Waals surface area contributed by atoms with Gasteiger partial charge in [-0.25, -0.2) is 9.36 Å². The van der Waals surface area contributed by atoms with Crippen molar-refractivity contribution in [1.82, 2.24) is 23.1 Å². The number of fused-ring (bicyclic) bond motifs is 3. The Kier molecular flexibility index (Phi) is 4.11. The third-order valence-electron chi connectivity index (χ3n) is 5.70. The highest BCUT2D eigenvalue weighted by molar-refractivity contribution is 5.81. The Bertz CT molecular complexity index is 1430. The summed E-state index contributed by atoms with van der Waals surface area (Å²) >= 11 is 0. The SMILES string of the molecule is CC(=O)C(C)n1c(=O)c2c(nc3n(-c4ccc(C)c(C)c4)c(C)cn23)n(C)c1=O. The third-order valence-corrected chi connectivity index (χ3v) is 5.70. The number of aryl methyl sites for hydroxylation is 4. The van der Waals surface area contributed by atoms with Crippen molar-refractivity contribution in [1.29, 1.82) is 0 Å². The van der Waals surface area contributed by atoms with Crippen molar-refractivity contribution < 1.29 is 4.79 Å². The predicted octanol–water partition coefficient (Wildman–Crippen LogP) is 2.21. The summed E-state index contributed by atoms with van der Waals surface area (Å²) in [5, 5.41) is 0. The summed E-state index contributed by atoms with van der Waals surface area (Å²) in [5.74, 6) is 0.286. The van der Waals surface area contributed by atoms with Crippen LogP contribution in [0.5, 0.6) is 0 Å². The summed E-state index contributed by atoms with van der Waals surface area (Å²) < 4.78 is 5.98. The molecule has 1 atom stereocenters. The van der Waals surface area contributed by atoms with E-state index in [9.17, 15) is 14.4 Å². The number of carbonyl (C=O) groups is 1. The number of rotatable bonds is 3.